The molecule has 4 nitrogen and oxygen atoms in total. The van der Waals surface area contributed by atoms with Crippen LogP contribution in [0.3, 0.4) is 0 Å². The highest BCUT2D eigenvalue weighted by Gasteiger charge is 2.16. The SMILES string of the molecule is c1cc2cc(-c3cnc4ncn(CC5CCCCC5)c4c3)ccc2[nH]1. The lowest BCUT2D eigenvalue weighted by Gasteiger charge is -2.22. The first kappa shape index (κ1) is 14.7. The van der Waals surface area contributed by atoms with E-state index in [9.17, 15) is 0 Å². The number of nitrogens with zero attached hydrogens (tertiary/aromatic N) is 3. The van der Waals surface area contributed by atoms with Crippen molar-refractivity contribution in [1.29, 1.82) is 0 Å². The minimum absolute atomic E-state index is 0.783. The molecule has 25 heavy (non-hydrogen) atoms. The molecule has 1 saturated carbocycles. The van der Waals surface area contributed by atoms with Gasteiger partial charge in [-0.15, -0.1) is 0 Å². The molecule has 0 saturated heterocycles. The topological polar surface area (TPSA) is 46.5 Å². The smallest absolute Gasteiger partial charge is 0.177 e. The van der Waals surface area contributed by atoms with Crippen LogP contribution in [0.5, 0.6) is 0 Å². The molecule has 1 N–H and O–H groups in total. The van der Waals surface area contributed by atoms with Gasteiger partial charge in [0.1, 0.15) is 0 Å². The number of pyridine rings is 1. The first-order valence-corrected chi connectivity index (χ1v) is 9.25. The molecule has 1 aliphatic rings. The average Bonchev–Trinajstić information content (AvgIpc) is 3.28. The van der Waals surface area contributed by atoms with Gasteiger partial charge in [0.25, 0.3) is 0 Å². The number of aromatic nitrogens is 4. The lowest BCUT2D eigenvalue weighted by molar-refractivity contribution is 0.322. The normalized spacial score (nSPS) is 16.0. The summed E-state index contributed by atoms with van der Waals surface area (Å²) in [4.78, 5) is 12.4. The Kier molecular flexibility index (Phi) is 3.54. The van der Waals surface area contributed by atoms with Gasteiger partial charge in [0, 0.05) is 30.0 Å². The van der Waals surface area contributed by atoms with Crippen LogP contribution in [-0.4, -0.2) is 19.5 Å². The van der Waals surface area contributed by atoms with E-state index in [4.69, 9.17) is 0 Å². The Morgan fingerprint density at radius 2 is 1.92 bits per heavy atom. The predicted octanol–water partition coefficient (Wildman–Crippen LogP) is 5.16. The Hall–Kier alpha value is -2.62. The van der Waals surface area contributed by atoms with Gasteiger partial charge in [0.05, 0.1) is 11.8 Å². The second-order valence-electron chi connectivity index (χ2n) is 7.25. The third-order valence-electron chi connectivity index (χ3n) is 5.54. The summed E-state index contributed by atoms with van der Waals surface area (Å²) in [5.41, 5.74) is 5.52. The van der Waals surface area contributed by atoms with E-state index in [-0.39, 0.29) is 0 Å². The van der Waals surface area contributed by atoms with Gasteiger partial charge in [0.15, 0.2) is 5.65 Å². The number of benzene rings is 1. The van der Waals surface area contributed by atoms with E-state index in [1.165, 1.54) is 48.6 Å². The van der Waals surface area contributed by atoms with Gasteiger partial charge in [-0.05, 0) is 54.0 Å². The van der Waals surface area contributed by atoms with Crippen molar-refractivity contribution in [2.45, 2.75) is 38.6 Å². The fourth-order valence-electron chi connectivity index (χ4n) is 4.13. The third kappa shape index (κ3) is 2.72. The molecule has 1 aromatic carbocycles. The summed E-state index contributed by atoms with van der Waals surface area (Å²) in [7, 11) is 0. The third-order valence-corrected chi connectivity index (χ3v) is 5.54. The summed E-state index contributed by atoms with van der Waals surface area (Å²) in [5, 5.41) is 1.23. The van der Waals surface area contributed by atoms with Crippen molar-refractivity contribution in [3.8, 4) is 11.1 Å². The van der Waals surface area contributed by atoms with E-state index in [0.717, 1.165) is 29.2 Å². The van der Waals surface area contributed by atoms with Gasteiger partial charge in [-0.3, -0.25) is 0 Å². The molecule has 0 bridgehead atoms. The number of fused-ring (bicyclic) bond motifs is 2. The van der Waals surface area contributed by atoms with Crippen molar-refractivity contribution >= 4 is 22.1 Å². The molecule has 5 rings (SSSR count). The van der Waals surface area contributed by atoms with E-state index in [0.29, 0.717) is 0 Å². The molecular weight excluding hydrogens is 308 g/mol. The molecule has 1 aliphatic carbocycles. The van der Waals surface area contributed by atoms with E-state index in [2.05, 4.69) is 49.9 Å². The van der Waals surface area contributed by atoms with Gasteiger partial charge < -0.3 is 9.55 Å². The number of hydrogen-bond acceptors (Lipinski definition) is 2. The van der Waals surface area contributed by atoms with Gasteiger partial charge >= 0.3 is 0 Å². The van der Waals surface area contributed by atoms with Gasteiger partial charge in [-0.2, -0.15) is 0 Å². The summed E-state index contributed by atoms with van der Waals surface area (Å²) in [6.07, 6.45) is 12.7. The van der Waals surface area contributed by atoms with E-state index in [1.54, 1.807) is 0 Å². The van der Waals surface area contributed by atoms with Crippen LogP contribution >= 0.6 is 0 Å². The van der Waals surface area contributed by atoms with Crippen LogP contribution in [0.25, 0.3) is 33.2 Å². The maximum absolute atomic E-state index is 4.60. The summed E-state index contributed by atoms with van der Waals surface area (Å²) in [6.45, 7) is 1.07. The largest absolute Gasteiger partial charge is 0.361 e. The number of imidazole rings is 1. The number of aromatic amines is 1. The fourth-order valence-corrected chi connectivity index (χ4v) is 4.13. The highest BCUT2D eigenvalue weighted by Crippen LogP contribution is 2.28. The Morgan fingerprint density at radius 1 is 1.00 bits per heavy atom. The van der Waals surface area contributed by atoms with Crippen LogP contribution in [0, 0.1) is 5.92 Å². The molecule has 1 fully saturated rings. The van der Waals surface area contributed by atoms with Crippen LogP contribution in [0.2, 0.25) is 0 Å². The van der Waals surface area contributed by atoms with E-state index >= 15 is 0 Å². The quantitative estimate of drug-likeness (QED) is 0.564. The number of rotatable bonds is 3. The maximum atomic E-state index is 4.60. The molecule has 0 atom stereocenters. The molecule has 0 spiro atoms. The van der Waals surface area contributed by atoms with Crippen molar-refractivity contribution in [3.05, 3.63) is 49.1 Å². The molecule has 3 heterocycles. The molecule has 126 valence electrons. The monoisotopic (exact) mass is 330 g/mol. The minimum Gasteiger partial charge on any atom is -0.361 e. The Balaban J connectivity index is 1.52. The fraction of sp³-hybridized carbons (Fsp3) is 0.333. The minimum atomic E-state index is 0.783. The highest BCUT2D eigenvalue weighted by molar-refractivity contribution is 5.86. The second kappa shape index (κ2) is 6.03. The van der Waals surface area contributed by atoms with Crippen molar-refractivity contribution in [2.24, 2.45) is 5.92 Å². The molecule has 0 radical (unpaired) electrons. The highest BCUT2D eigenvalue weighted by atomic mass is 15.1. The molecule has 0 amide bonds. The van der Waals surface area contributed by atoms with Crippen LogP contribution in [0.4, 0.5) is 0 Å². The summed E-state index contributed by atoms with van der Waals surface area (Å²) in [6, 6.07) is 10.9. The lowest BCUT2D eigenvalue weighted by atomic mass is 9.89. The maximum Gasteiger partial charge on any atom is 0.177 e. The van der Waals surface area contributed by atoms with Crippen LogP contribution in [0.15, 0.2) is 49.1 Å². The van der Waals surface area contributed by atoms with Crippen molar-refractivity contribution < 1.29 is 0 Å². The van der Waals surface area contributed by atoms with Gasteiger partial charge in [-0.1, -0.05) is 25.3 Å². The van der Waals surface area contributed by atoms with Crippen LogP contribution in [0.1, 0.15) is 32.1 Å². The van der Waals surface area contributed by atoms with Crippen molar-refractivity contribution in [3.63, 3.8) is 0 Å². The second-order valence-corrected chi connectivity index (χ2v) is 7.25. The number of H-pyrrole nitrogens is 1. The zero-order valence-electron chi connectivity index (χ0n) is 14.3. The summed E-state index contributed by atoms with van der Waals surface area (Å²) in [5.74, 6) is 0.783. The molecule has 4 heteroatoms. The number of hydrogen-bond donors (Lipinski definition) is 1. The van der Waals surface area contributed by atoms with E-state index in [1.807, 2.05) is 18.7 Å². The first-order chi connectivity index (χ1) is 12.4. The standard InChI is InChI=1S/C21H22N4/c1-2-4-15(5-3-1)13-25-14-24-21-20(25)11-18(12-23-21)16-6-7-19-17(10-16)8-9-22-19/h6-12,14-15,22H,1-5,13H2. The Labute approximate surface area is 146 Å². The molecule has 0 unspecified atom stereocenters. The zero-order chi connectivity index (χ0) is 16.6. The lowest BCUT2D eigenvalue weighted by Crippen LogP contribution is -2.13. The zero-order valence-corrected chi connectivity index (χ0v) is 14.3. The average molecular weight is 330 g/mol. The summed E-state index contributed by atoms with van der Waals surface area (Å²) >= 11 is 0. The summed E-state index contributed by atoms with van der Waals surface area (Å²) < 4.78 is 2.30. The molecule has 4 aromatic rings. The van der Waals surface area contributed by atoms with Gasteiger partial charge in [-0.25, -0.2) is 9.97 Å². The number of nitrogens with one attached hydrogen (secondary N) is 1. The van der Waals surface area contributed by atoms with Crippen molar-refractivity contribution in [2.75, 3.05) is 0 Å². The molecule has 0 aliphatic heterocycles. The Morgan fingerprint density at radius 3 is 2.84 bits per heavy atom. The van der Waals surface area contributed by atoms with Gasteiger partial charge in [0.2, 0.25) is 0 Å². The Bertz CT molecular complexity index is 1020. The van der Waals surface area contributed by atoms with Crippen molar-refractivity contribution in [1.82, 2.24) is 19.5 Å². The predicted molar refractivity (Wildman–Crippen MR) is 101 cm³/mol. The van der Waals surface area contributed by atoms with Crippen LogP contribution in [-0.2, 0) is 6.54 Å². The van der Waals surface area contributed by atoms with E-state index < -0.39 is 0 Å². The first-order valence-electron chi connectivity index (χ1n) is 9.25. The molecule has 3 aromatic heterocycles. The van der Waals surface area contributed by atoms with Crippen LogP contribution < -0.4 is 0 Å². The molecular formula is C21H22N4.